The van der Waals surface area contributed by atoms with Gasteiger partial charge in [0, 0.05) is 10.5 Å². The van der Waals surface area contributed by atoms with Gasteiger partial charge in [-0.3, -0.25) is 0 Å². The molecular weight excluding hydrogens is 306 g/mol. The summed E-state index contributed by atoms with van der Waals surface area (Å²) in [6.07, 6.45) is 0.858. The van der Waals surface area contributed by atoms with Crippen LogP contribution in [0.3, 0.4) is 0 Å². The van der Waals surface area contributed by atoms with Gasteiger partial charge in [0.1, 0.15) is 0 Å². The van der Waals surface area contributed by atoms with Crippen molar-refractivity contribution in [3.8, 4) is 5.88 Å². The van der Waals surface area contributed by atoms with Crippen LogP contribution in [-0.2, 0) is 6.42 Å². The van der Waals surface area contributed by atoms with Crippen LogP contribution in [0.25, 0.3) is 0 Å². The maximum atomic E-state index is 5.02. The molecule has 1 heterocycles. The molecule has 0 radical (unpaired) electrons. The molecule has 1 aromatic carbocycles. The van der Waals surface area contributed by atoms with Gasteiger partial charge in [0.25, 0.3) is 0 Å². The summed E-state index contributed by atoms with van der Waals surface area (Å²) in [6.45, 7) is 0. The minimum absolute atomic E-state index is 0.132. The molecule has 0 spiro atoms. The second-order valence-electron chi connectivity index (χ2n) is 4.18. The Balaban J connectivity index is 2.15. The summed E-state index contributed by atoms with van der Waals surface area (Å²) in [4.78, 5) is 0. The minimum atomic E-state index is 0.132. The number of ether oxygens (including phenoxy) is 1. The molecule has 1 unspecified atom stereocenters. The van der Waals surface area contributed by atoms with E-state index in [9.17, 15) is 0 Å². The summed E-state index contributed by atoms with van der Waals surface area (Å²) in [7, 11) is 3.51. The highest BCUT2D eigenvalue weighted by Gasteiger charge is 2.12. The third-order valence-corrected chi connectivity index (χ3v) is 3.40. The zero-order chi connectivity index (χ0) is 13.7. The van der Waals surface area contributed by atoms with Gasteiger partial charge in [-0.05, 0) is 37.2 Å². The number of hydrogen-bond donors (Lipinski definition) is 1. The zero-order valence-corrected chi connectivity index (χ0v) is 12.5. The number of likely N-dealkylation sites (N-methyl/N-ethyl adjacent to an activating group) is 1. The summed E-state index contributed by atoms with van der Waals surface area (Å²) in [5, 5.41) is 11.5. The van der Waals surface area contributed by atoms with Crippen molar-refractivity contribution in [3.63, 3.8) is 0 Å². The number of aromatic nitrogens is 2. The van der Waals surface area contributed by atoms with Crippen molar-refractivity contribution in [2.45, 2.75) is 12.5 Å². The highest BCUT2D eigenvalue weighted by molar-refractivity contribution is 9.10. The lowest BCUT2D eigenvalue weighted by molar-refractivity contribution is 0.389. The van der Waals surface area contributed by atoms with Gasteiger partial charge in [0.15, 0.2) is 0 Å². The van der Waals surface area contributed by atoms with Gasteiger partial charge in [0.05, 0.1) is 18.8 Å². The van der Waals surface area contributed by atoms with Crippen molar-refractivity contribution in [1.82, 2.24) is 15.5 Å². The maximum Gasteiger partial charge on any atom is 0.233 e. The van der Waals surface area contributed by atoms with E-state index in [0.29, 0.717) is 5.88 Å². The quantitative estimate of drug-likeness (QED) is 0.919. The Morgan fingerprint density at radius 3 is 2.68 bits per heavy atom. The monoisotopic (exact) mass is 321 g/mol. The van der Waals surface area contributed by atoms with Gasteiger partial charge in [-0.15, -0.1) is 5.10 Å². The highest BCUT2D eigenvalue weighted by atomic mass is 79.9. The van der Waals surface area contributed by atoms with E-state index < -0.39 is 0 Å². The molecule has 0 saturated carbocycles. The number of rotatable bonds is 5. The zero-order valence-electron chi connectivity index (χ0n) is 10.9. The first-order chi connectivity index (χ1) is 9.22. The third kappa shape index (κ3) is 3.75. The smallest absolute Gasteiger partial charge is 0.233 e. The first-order valence-corrected chi connectivity index (χ1v) is 6.81. The largest absolute Gasteiger partial charge is 0.480 e. The summed E-state index contributed by atoms with van der Waals surface area (Å²) >= 11 is 3.48. The van der Waals surface area contributed by atoms with Crippen molar-refractivity contribution in [1.29, 1.82) is 0 Å². The molecule has 5 heteroatoms. The predicted octanol–water partition coefficient (Wildman–Crippen LogP) is 2.75. The van der Waals surface area contributed by atoms with Gasteiger partial charge in [-0.25, -0.2) is 0 Å². The topological polar surface area (TPSA) is 47.0 Å². The number of benzene rings is 1. The van der Waals surface area contributed by atoms with E-state index in [-0.39, 0.29) is 6.04 Å². The first-order valence-electron chi connectivity index (χ1n) is 6.02. The Morgan fingerprint density at radius 1 is 1.26 bits per heavy atom. The van der Waals surface area contributed by atoms with Crippen molar-refractivity contribution in [2.75, 3.05) is 14.2 Å². The fourth-order valence-electron chi connectivity index (χ4n) is 1.88. The standard InChI is InChI=1S/C14H16BrN3O/c1-16-13(9-10-4-3-5-11(15)8-10)12-6-7-14(19-2)18-17-12/h3-8,13,16H,9H2,1-2H3. The van der Waals surface area contributed by atoms with Crippen LogP contribution in [0.4, 0.5) is 0 Å². The minimum Gasteiger partial charge on any atom is -0.480 e. The average molecular weight is 322 g/mol. The number of methoxy groups -OCH3 is 1. The second-order valence-corrected chi connectivity index (χ2v) is 5.09. The molecule has 2 aromatic rings. The molecule has 1 aromatic heterocycles. The normalized spacial score (nSPS) is 12.2. The molecule has 0 aliphatic heterocycles. The Morgan fingerprint density at radius 2 is 2.11 bits per heavy atom. The van der Waals surface area contributed by atoms with Crippen molar-refractivity contribution in [3.05, 3.63) is 52.1 Å². The molecule has 0 bridgehead atoms. The molecule has 1 atom stereocenters. The molecule has 0 fully saturated rings. The SMILES string of the molecule is CNC(Cc1cccc(Br)c1)c1ccc(OC)nn1. The van der Waals surface area contributed by atoms with Crippen LogP contribution in [-0.4, -0.2) is 24.4 Å². The number of nitrogens with zero attached hydrogens (tertiary/aromatic N) is 2. The predicted molar refractivity (Wildman–Crippen MR) is 78.2 cm³/mol. The van der Waals surface area contributed by atoms with E-state index in [1.165, 1.54) is 5.56 Å². The van der Waals surface area contributed by atoms with Crippen LogP contribution in [0.1, 0.15) is 17.3 Å². The first kappa shape index (κ1) is 14.0. The molecule has 19 heavy (non-hydrogen) atoms. The van der Waals surface area contributed by atoms with E-state index in [1.807, 2.05) is 31.3 Å². The van der Waals surface area contributed by atoms with Crippen molar-refractivity contribution >= 4 is 15.9 Å². The fourth-order valence-corrected chi connectivity index (χ4v) is 2.33. The van der Waals surface area contributed by atoms with Gasteiger partial charge >= 0.3 is 0 Å². The third-order valence-electron chi connectivity index (χ3n) is 2.90. The van der Waals surface area contributed by atoms with Crippen molar-refractivity contribution < 1.29 is 4.74 Å². The average Bonchev–Trinajstić information content (AvgIpc) is 2.45. The van der Waals surface area contributed by atoms with Gasteiger partial charge in [-0.2, -0.15) is 5.10 Å². The molecule has 0 aliphatic carbocycles. The lowest BCUT2D eigenvalue weighted by atomic mass is 10.0. The molecule has 0 amide bonds. The lowest BCUT2D eigenvalue weighted by Gasteiger charge is -2.15. The van der Waals surface area contributed by atoms with Crippen LogP contribution in [0, 0.1) is 0 Å². The van der Waals surface area contributed by atoms with E-state index >= 15 is 0 Å². The van der Waals surface area contributed by atoms with E-state index in [1.54, 1.807) is 7.11 Å². The molecule has 100 valence electrons. The van der Waals surface area contributed by atoms with Crippen LogP contribution in [0.2, 0.25) is 0 Å². The lowest BCUT2D eigenvalue weighted by Crippen LogP contribution is -2.20. The van der Waals surface area contributed by atoms with Gasteiger partial charge in [-0.1, -0.05) is 28.1 Å². The molecule has 0 saturated heterocycles. The Labute approximate surface area is 121 Å². The van der Waals surface area contributed by atoms with Crippen LogP contribution in [0.5, 0.6) is 5.88 Å². The highest BCUT2D eigenvalue weighted by Crippen LogP contribution is 2.19. The van der Waals surface area contributed by atoms with Crippen LogP contribution >= 0.6 is 15.9 Å². The molecule has 4 nitrogen and oxygen atoms in total. The summed E-state index contributed by atoms with van der Waals surface area (Å²) < 4.78 is 6.10. The van der Waals surface area contributed by atoms with Crippen LogP contribution in [0.15, 0.2) is 40.9 Å². The Kier molecular flexibility index (Phi) is 4.87. The summed E-state index contributed by atoms with van der Waals surface area (Å²) in [6, 6.07) is 12.2. The molecule has 2 rings (SSSR count). The van der Waals surface area contributed by atoms with Gasteiger partial charge in [0.2, 0.25) is 5.88 Å². The van der Waals surface area contributed by atoms with E-state index in [0.717, 1.165) is 16.6 Å². The summed E-state index contributed by atoms with van der Waals surface area (Å²) in [5.74, 6) is 0.529. The second kappa shape index (κ2) is 6.63. The van der Waals surface area contributed by atoms with E-state index in [4.69, 9.17) is 4.74 Å². The molecular formula is C14H16BrN3O. The van der Waals surface area contributed by atoms with E-state index in [2.05, 4.69) is 43.6 Å². The number of halogens is 1. The molecule has 0 aliphatic rings. The van der Waals surface area contributed by atoms with Crippen LogP contribution < -0.4 is 10.1 Å². The maximum absolute atomic E-state index is 5.02. The fraction of sp³-hybridized carbons (Fsp3) is 0.286. The molecule has 1 N–H and O–H groups in total. The van der Waals surface area contributed by atoms with Crippen molar-refractivity contribution in [2.24, 2.45) is 0 Å². The number of nitrogens with one attached hydrogen (secondary N) is 1. The summed E-state index contributed by atoms with van der Waals surface area (Å²) in [5.41, 5.74) is 2.15. The number of hydrogen-bond acceptors (Lipinski definition) is 4. The Hall–Kier alpha value is -1.46. The van der Waals surface area contributed by atoms with Gasteiger partial charge < -0.3 is 10.1 Å². The Bertz CT molecular complexity index is 530.